The molecule has 0 aromatic rings. The number of aliphatic carboxylic acids is 1. The van der Waals surface area contributed by atoms with Gasteiger partial charge in [0.05, 0.1) is 39.5 Å². The summed E-state index contributed by atoms with van der Waals surface area (Å²) in [4.78, 5) is 20.9. The molecule has 0 aromatic heterocycles. The zero-order valence-corrected chi connectivity index (χ0v) is 9.55. The largest absolute Gasteiger partial charge is 0.550 e. The third kappa shape index (κ3) is 12.8. The van der Waals surface area contributed by atoms with Gasteiger partial charge < -0.3 is 29.2 Å². The van der Waals surface area contributed by atoms with E-state index in [0.29, 0.717) is 13.2 Å². The van der Waals surface area contributed by atoms with Crippen LogP contribution in [0.4, 0.5) is 0 Å². The standard InChI is InChI=1S/C10H18O7/c11-3-4-15-5-6-16-7-8-17-10(14)2-1-9(12)13/h11H,1-8H2,(H,12,13)/p-1. The van der Waals surface area contributed by atoms with Gasteiger partial charge in [-0.25, -0.2) is 0 Å². The lowest BCUT2D eigenvalue weighted by molar-refractivity contribution is -0.305. The maximum atomic E-state index is 10.9. The number of esters is 1. The average Bonchev–Trinajstić information content (AvgIpc) is 2.30. The number of carbonyl (C=O) groups excluding carboxylic acids is 2. The molecule has 0 amide bonds. The van der Waals surface area contributed by atoms with Gasteiger partial charge in [-0.2, -0.15) is 0 Å². The number of ether oxygens (including phenoxy) is 3. The highest BCUT2D eigenvalue weighted by Gasteiger charge is 2.02. The molecule has 0 rings (SSSR count). The van der Waals surface area contributed by atoms with E-state index in [9.17, 15) is 14.7 Å². The van der Waals surface area contributed by atoms with Crippen molar-refractivity contribution in [2.24, 2.45) is 0 Å². The number of carboxylic acid groups (broad SMARTS) is 1. The Morgan fingerprint density at radius 2 is 1.53 bits per heavy atom. The normalized spacial score (nSPS) is 10.2. The summed E-state index contributed by atoms with van der Waals surface area (Å²) >= 11 is 0. The van der Waals surface area contributed by atoms with Crippen LogP contribution in [0.3, 0.4) is 0 Å². The van der Waals surface area contributed by atoms with Gasteiger partial charge in [-0.15, -0.1) is 0 Å². The summed E-state index contributed by atoms with van der Waals surface area (Å²) in [7, 11) is 0. The molecule has 0 atom stereocenters. The minimum Gasteiger partial charge on any atom is -0.550 e. The van der Waals surface area contributed by atoms with E-state index in [0.717, 1.165) is 0 Å². The number of rotatable bonds is 11. The summed E-state index contributed by atoms with van der Waals surface area (Å²) < 4.78 is 14.6. The second kappa shape index (κ2) is 11.3. The summed E-state index contributed by atoms with van der Waals surface area (Å²) in [6.07, 6.45) is -0.531. The highest BCUT2D eigenvalue weighted by atomic mass is 16.6. The topological polar surface area (TPSA) is 105 Å². The third-order valence-electron chi connectivity index (χ3n) is 1.63. The van der Waals surface area contributed by atoms with Crippen LogP contribution in [0.15, 0.2) is 0 Å². The molecule has 0 spiro atoms. The van der Waals surface area contributed by atoms with Gasteiger partial charge in [-0.3, -0.25) is 4.79 Å². The van der Waals surface area contributed by atoms with Crippen LogP contribution >= 0.6 is 0 Å². The molecule has 0 heterocycles. The minimum atomic E-state index is -1.28. The third-order valence-corrected chi connectivity index (χ3v) is 1.63. The summed E-state index contributed by atoms with van der Waals surface area (Å²) in [5.41, 5.74) is 0. The fraction of sp³-hybridized carbons (Fsp3) is 0.800. The molecule has 0 unspecified atom stereocenters. The Bertz CT molecular complexity index is 217. The lowest BCUT2D eigenvalue weighted by atomic mass is 10.3. The highest BCUT2D eigenvalue weighted by molar-refractivity contribution is 5.75. The monoisotopic (exact) mass is 249 g/mol. The Balaban J connectivity index is 3.16. The van der Waals surface area contributed by atoms with Crippen LogP contribution in [0.25, 0.3) is 0 Å². The van der Waals surface area contributed by atoms with Crippen molar-refractivity contribution in [2.75, 3.05) is 39.6 Å². The second-order valence-electron chi connectivity index (χ2n) is 3.04. The van der Waals surface area contributed by atoms with E-state index < -0.39 is 11.9 Å². The molecule has 7 heteroatoms. The van der Waals surface area contributed by atoms with Gasteiger partial charge in [0, 0.05) is 5.97 Å². The molecule has 17 heavy (non-hydrogen) atoms. The molecule has 7 nitrogen and oxygen atoms in total. The van der Waals surface area contributed by atoms with E-state index in [-0.39, 0.29) is 39.3 Å². The minimum absolute atomic E-state index is 0.0317. The number of aliphatic hydroxyl groups is 1. The summed E-state index contributed by atoms with van der Waals surface area (Å²) in [5, 5.41) is 18.4. The zero-order valence-electron chi connectivity index (χ0n) is 9.55. The average molecular weight is 249 g/mol. The number of hydrogen-bond acceptors (Lipinski definition) is 7. The zero-order chi connectivity index (χ0) is 12.9. The van der Waals surface area contributed by atoms with Crippen LogP contribution in [0.5, 0.6) is 0 Å². The molecule has 0 bridgehead atoms. The van der Waals surface area contributed by atoms with E-state index in [1.54, 1.807) is 0 Å². The van der Waals surface area contributed by atoms with Crippen LogP contribution in [0.1, 0.15) is 12.8 Å². The lowest BCUT2D eigenvalue weighted by Crippen LogP contribution is -2.23. The number of carbonyl (C=O) groups is 2. The maximum Gasteiger partial charge on any atom is 0.306 e. The summed E-state index contributed by atoms with van der Waals surface area (Å²) in [6.45, 7) is 1.23. The molecule has 0 fully saturated rings. The molecule has 0 aliphatic rings. The second-order valence-corrected chi connectivity index (χ2v) is 3.04. The summed E-state index contributed by atoms with van der Waals surface area (Å²) in [6, 6.07) is 0. The van der Waals surface area contributed by atoms with Crippen molar-refractivity contribution >= 4 is 11.9 Å². The van der Waals surface area contributed by atoms with Crippen LogP contribution in [-0.2, 0) is 23.8 Å². The van der Waals surface area contributed by atoms with Gasteiger partial charge >= 0.3 is 5.97 Å². The van der Waals surface area contributed by atoms with Crippen molar-refractivity contribution in [1.82, 2.24) is 0 Å². The Labute approximate surface area is 99.3 Å². The lowest BCUT2D eigenvalue weighted by Gasteiger charge is -2.06. The first kappa shape index (κ1) is 15.8. The predicted octanol–water partition coefficient (Wildman–Crippen LogP) is -1.91. The molecule has 0 aromatic carbocycles. The maximum absolute atomic E-state index is 10.9. The number of hydrogen-bond donors (Lipinski definition) is 1. The van der Waals surface area contributed by atoms with E-state index in [1.807, 2.05) is 0 Å². The number of aliphatic hydroxyl groups excluding tert-OH is 1. The Morgan fingerprint density at radius 3 is 2.12 bits per heavy atom. The van der Waals surface area contributed by atoms with Crippen molar-refractivity contribution in [3.05, 3.63) is 0 Å². The van der Waals surface area contributed by atoms with Crippen LogP contribution in [0, 0.1) is 0 Å². The fourth-order valence-electron chi connectivity index (χ4n) is 0.877. The first-order valence-corrected chi connectivity index (χ1v) is 5.28. The Morgan fingerprint density at radius 1 is 0.941 bits per heavy atom. The molecule has 0 aliphatic carbocycles. The first-order chi connectivity index (χ1) is 8.16. The van der Waals surface area contributed by atoms with Crippen molar-refractivity contribution in [2.45, 2.75) is 12.8 Å². The first-order valence-electron chi connectivity index (χ1n) is 5.28. The smallest absolute Gasteiger partial charge is 0.306 e. The quantitative estimate of drug-likeness (QED) is 0.336. The highest BCUT2D eigenvalue weighted by Crippen LogP contribution is 1.91. The SMILES string of the molecule is O=C([O-])CCC(=O)OCCOCCOCCO. The van der Waals surface area contributed by atoms with Crippen LogP contribution in [0.2, 0.25) is 0 Å². The Hall–Kier alpha value is -1.18. The van der Waals surface area contributed by atoms with Gasteiger partial charge in [0.25, 0.3) is 0 Å². The van der Waals surface area contributed by atoms with E-state index in [2.05, 4.69) is 4.74 Å². The van der Waals surface area contributed by atoms with Gasteiger partial charge in [0.15, 0.2) is 0 Å². The Kier molecular flexibility index (Phi) is 10.5. The van der Waals surface area contributed by atoms with Gasteiger partial charge in [0.2, 0.25) is 0 Å². The van der Waals surface area contributed by atoms with Crippen molar-refractivity contribution in [1.29, 1.82) is 0 Å². The van der Waals surface area contributed by atoms with Crippen LogP contribution < -0.4 is 5.11 Å². The molecular formula is C10H17O7-. The molecule has 0 saturated heterocycles. The predicted molar refractivity (Wildman–Crippen MR) is 53.9 cm³/mol. The molecule has 100 valence electrons. The molecular weight excluding hydrogens is 232 g/mol. The number of carboxylic acids is 1. The summed E-state index contributed by atoms with van der Waals surface area (Å²) in [5.74, 6) is -1.87. The van der Waals surface area contributed by atoms with Crippen molar-refractivity contribution < 1.29 is 34.0 Å². The fourth-order valence-corrected chi connectivity index (χ4v) is 0.877. The molecule has 0 aliphatic heterocycles. The van der Waals surface area contributed by atoms with Gasteiger partial charge in [-0.1, -0.05) is 0 Å². The molecule has 1 N–H and O–H groups in total. The molecule has 0 saturated carbocycles. The van der Waals surface area contributed by atoms with E-state index in [4.69, 9.17) is 14.6 Å². The molecule has 0 radical (unpaired) electrons. The van der Waals surface area contributed by atoms with Crippen LogP contribution in [-0.4, -0.2) is 56.7 Å². The van der Waals surface area contributed by atoms with E-state index >= 15 is 0 Å². The van der Waals surface area contributed by atoms with Crippen molar-refractivity contribution in [3.8, 4) is 0 Å². The van der Waals surface area contributed by atoms with Gasteiger partial charge in [-0.05, 0) is 6.42 Å². The van der Waals surface area contributed by atoms with E-state index in [1.165, 1.54) is 0 Å². The van der Waals surface area contributed by atoms with Gasteiger partial charge in [0.1, 0.15) is 6.61 Å². The van der Waals surface area contributed by atoms with Crippen molar-refractivity contribution in [3.63, 3.8) is 0 Å².